The van der Waals surface area contributed by atoms with Crippen molar-refractivity contribution in [1.29, 1.82) is 0 Å². The predicted molar refractivity (Wildman–Crippen MR) is 103 cm³/mol. The van der Waals surface area contributed by atoms with Gasteiger partial charge in [-0.05, 0) is 43.3 Å². The zero-order valence-corrected chi connectivity index (χ0v) is 15.4. The minimum atomic E-state index is -0.867. The van der Waals surface area contributed by atoms with E-state index in [9.17, 15) is 19.1 Å². The van der Waals surface area contributed by atoms with Gasteiger partial charge in [0.25, 0.3) is 0 Å². The molecular formula is C20H22FN3O4. The molecule has 28 heavy (non-hydrogen) atoms. The summed E-state index contributed by atoms with van der Waals surface area (Å²) in [5.41, 5.74) is 0.559. The van der Waals surface area contributed by atoms with Gasteiger partial charge in [0, 0.05) is 18.7 Å². The van der Waals surface area contributed by atoms with Crippen molar-refractivity contribution in [3.63, 3.8) is 0 Å². The molecule has 0 aromatic heterocycles. The molecule has 0 spiro atoms. The van der Waals surface area contributed by atoms with Crippen LogP contribution >= 0.6 is 0 Å². The van der Waals surface area contributed by atoms with Crippen LogP contribution in [0.15, 0.2) is 48.5 Å². The molecule has 3 rings (SSSR count). The molecule has 0 saturated carbocycles. The van der Waals surface area contributed by atoms with Crippen LogP contribution in [0.4, 0.5) is 20.6 Å². The monoisotopic (exact) mass is 387 g/mol. The average molecular weight is 387 g/mol. The van der Waals surface area contributed by atoms with Crippen LogP contribution < -0.4 is 15.4 Å². The lowest BCUT2D eigenvalue weighted by atomic mass is 10.2. The Morgan fingerprint density at radius 1 is 1.18 bits per heavy atom. The van der Waals surface area contributed by atoms with Crippen LogP contribution in [0.1, 0.15) is 13.3 Å². The summed E-state index contributed by atoms with van der Waals surface area (Å²) in [6.07, 6.45) is -0.726. The molecule has 1 heterocycles. The number of ether oxygens (including phenoxy) is 1. The second kappa shape index (κ2) is 8.71. The van der Waals surface area contributed by atoms with Crippen molar-refractivity contribution in [2.75, 3.05) is 23.8 Å². The molecule has 2 aromatic rings. The first-order valence-electron chi connectivity index (χ1n) is 9.02. The molecule has 7 nitrogen and oxygen atoms in total. The molecule has 1 aliphatic rings. The normalized spacial score (nSPS) is 18.6. The highest BCUT2D eigenvalue weighted by molar-refractivity contribution is 5.99. The Hall–Kier alpha value is -3.13. The molecule has 0 radical (unpaired) electrons. The minimum absolute atomic E-state index is 0.0123. The molecule has 0 aliphatic carbocycles. The van der Waals surface area contributed by atoms with Crippen molar-refractivity contribution < 1.29 is 23.8 Å². The van der Waals surface area contributed by atoms with Gasteiger partial charge in [0.2, 0.25) is 5.91 Å². The topological polar surface area (TPSA) is 90.9 Å². The molecule has 148 valence electrons. The third kappa shape index (κ3) is 4.58. The average Bonchev–Trinajstić information content (AvgIpc) is 3.07. The number of carbonyl (C=O) groups excluding carboxylic acids is 2. The Kier molecular flexibility index (Phi) is 6.10. The number of rotatable bonds is 5. The quantitative estimate of drug-likeness (QED) is 0.736. The molecule has 3 N–H and O–H groups in total. The van der Waals surface area contributed by atoms with Crippen LogP contribution in [0.2, 0.25) is 0 Å². The van der Waals surface area contributed by atoms with Gasteiger partial charge in [-0.2, -0.15) is 0 Å². The number of nitrogens with one attached hydrogen (secondary N) is 2. The standard InChI is InChI=1S/C20H22FN3O4/c1-2-28-15-9-7-13(8-10-15)22-19(26)18-11-14(25)12-24(18)20(27)23-17-6-4-3-5-16(17)21/h3-10,14,18,25H,2,11-12H2,1H3,(H,22,26)(H,23,27)/t14-,18+/m0/s1. The number of β-amino-alcohol motifs (C(OH)–C–C–N with tert-alkyl or cyclic N) is 1. The summed E-state index contributed by atoms with van der Waals surface area (Å²) in [5, 5.41) is 15.1. The van der Waals surface area contributed by atoms with Crippen molar-refractivity contribution in [2.45, 2.75) is 25.5 Å². The number of likely N-dealkylation sites (tertiary alicyclic amines) is 1. The van der Waals surface area contributed by atoms with E-state index < -0.39 is 29.9 Å². The molecule has 0 unspecified atom stereocenters. The van der Waals surface area contributed by atoms with Crippen molar-refractivity contribution in [1.82, 2.24) is 4.90 Å². The van der Waals surface area contributed by atoms with E-state index in [-0.39, 0.29) is 18.7 Å². The van der Waals surface area contributed by atoms with Gasteiger partial charge >= 0.3 is 6.03 Å². The molecule has 2 atom stereocenters. The number of carbonyl (C=O) groups is 2. The first kappa shape index (κ1) is 19.6. The summed E-state index contributed by atoms with van der Waals surface area (Å²) in [5.74, 6) is -0.321. The van der Waals surface area contributed by atoms with Gasteiger partial charge in [-0.15, -0.1) is 0 Å². The third-order valence-electron chi connectivity index (χ3n) is 4.39. The summed E-state index contributed by atoms with van der Waals surface area (Å²) in [6.45, 7) is 2.40. The Labute approximate surface area is 162 Å². The minimum Gasteiger partial charge on any atom is -0.494 e. The second-order valence-corrected chi connectivity index (χ2v) is 6.41. The van der Waals surface area contributed by atoms with Crippen molar-refractivity contribution in [2.24, 2.45) is 0 Å². The number of para-hydroxylation sites is 1. The lowest BCUT2D eigenvalue weighted by Gasteiger charge is -2.24. The van der Waals surface area contributed by atoms with Gasteiger partial charge in [0.05, 0.1) is 18.4 Å². The molecule has 1 saturated heterocycles. The van der Waals surface area contributed by atoms with E-state index in [0.29, 0.717) is 18.0 Å². The fourth-order valence-electron chi connectivity index (χ4n) is 3.06. The van der Waals surface area contributed by atoms with E-state index in [1.807, 2.05) is 6.92 Å². The Morgan fingerprint density at radius 3 is 2.57 bits per heavy atom. The van der Waals surface area contributed by atoms with Gasteiger partial charge in [-0.3, -0.25) is 4.79 Å². The Balaban J connectivity index is 1.67. The number of hydrogen-bond acceptors (Lipinski definition) is 4. The number of aliphatic hydroxyl groups excluding tert-OH is 1. The number of aliphatic hydroxyl groups is 1. The summed E-state index contributed by atoms with van der Waals surface area (Å²) >= 11 is 0. The molecule has 2 aromatic carbocycles. The van der Waals surface area contributed by atoms with Crippen molar-refractivity contribution >= 4 is 23.3 Å². The van der Waals surface area contributed by atoms with Gasteiger partial charge in [-0.1, -0.05) is 12.1 Å². The summed E-state index contributed by atoms with van der Waals surface area (Å²) < 4.78 is 19.1. The van der Waals surface area contributed by atoms with Crippen LogP contribution in [0.25, 0.3) is 0 Å². The summed E-state index contributed by atoms with van der Waals surface area (Å²) in [7, 11) is 0. The summed E-state index contributed by atoms with van der Waals surface area (Å²) in [6, 6.07) is 11.1. The van der Waals surface area contributed by atoms with Crippen LogP contribution in [-0.2, 0) is 4.79 Å². The van der Waals surface area contributed by atoms with Gasteiger partial charge in [-0.25, -0.2) is 9.18 Å². The number of benzene rings is 2. The SMILES string of the molecule is CCOc1ccc(NC(=O)[C@H]2C[C@H](O)CN2C(=O)Nc2ccccc2F)cc1. The van der Waals surface area contributed by atoms with Crippen LogP contribution in [0.5, 0.6) is 5.75 Å². The van der Waals surface area contributed by atoms with Crippen LogP contribution in [0.3, 0.4) is 0 Å². The van der Waals surface area contributed by atoms with Crippen molar-refractivity contribution in [3.8, 4) is 5.75 Å². The lowest BCUT2D eigenvalue weighted by Crippen LogP contribution is -2.45. The van der Waals surface area contributed by atoms with E-state index >= 15 is 0 Å². The highest BCUT2D eigenvalue weighted by Crippen LogP contribution is 2.23. The smallest absolute Gasteiger partial charge is 0.322 e. The maximum atomic E-state index is 13.8. The first-order valence-corrected chi connectivity index (χ1v) is 9.02. The maximum absolute atomic E-state index is 13.8. The highest BCUT2D eigenvalue weighted by atomic mass is 19.1. The molecule has 1 aliphatic heterocycles. The van der Waals surface area contributed by atoms with Gasteiger partial charge < -0.3 is 25.4 Å². The zero-order valence-electron chi connectivity index (χ0n) is 15.4. The summed E-state index contributed by atoms with van der Waals surface area (Å²) in [4.78, 5) is 26.4. The lowest BCUT2D eigenvalue weighted by molar-refractivity contribution is -0.119. The predicted octanol–water partition coefficient (Wildman–Crippen LogP) is 2.83. The molecule has 0 bridgehead atoms. The van der Waals surface area contributed by atoms with E-state index in [1.54, 1.807) is 30.3 Å². The molecule has 1 fully saturated rings. The zero-order chi connectivity index (χ0) is 20.1. The van der Waals surface area contributed by atoms with E-state index in [4.69, 9.17) is 4.74 Å². The van der Waals surface area contributed by atoms with Gasteiger partial charge in [0.15, 0.2) is 0 Å². The van der Waals surface area contributed by atoms with Crippen LogP contribution in [0, 0.1) is 5.82 Å². The van der Waals surface area contributed by atoms with E-state index in [2.05, 4.69) is 10.6 Å². The van der Waals surface area contributed by atoms with Gasteiger partial charge in [0.1, 0.15) is 17.6 Å². The number of amides is 3. The molecule has 8 heteroatoms. The molecule has 3 amide bonds. The fourth-order valence-corrected chi connectivity index (χ4v) is 3.06. The Morgan fingerprint density at radius 2 is 1.89 bits per heavy atom. The fraction of sp³-hybridized carbons (Fsp3) is 0.300. The Bertz CT molecular complexity index is 844. The first-order chi connectivity index (χ1) is 13.5. The second-order valence-electron chi connectivity index (χ2n) is 6.41. The number of nitrogens with zero attached hydrogens (tertiary/aromatic N) is 1. The number of hydrogen-bond donors (Lipinski definition) is 3. The maximum Gasteiger partial charge on any atom is 0.322 e. The third-order valence-corrected chi connectivity index (χ3v) is 4.39. The number of halogens is 1. The van der Waals surface area contributed by atoms with Crippen molar-refractivity contribution in [3.05, 3.63) is 54.3 Å². The van der Waals surface area contributed by atoms with Crippen LogP contribution in [-0.4, -0.2) is 47.2 Å². The molecular weight excluding hydrogens is 365 g/mol. The highest BCUT2D eigenvalue weighted by Gasteiger charge is 2.39. The number of urea groups is 1. The number of anilines is 2. The van der Waals surface area contributed by atoms with E-state index in [1.165, 1.54) is 23.1 Å². The van der Waals surface area contributed by atoms with E-state index in [0.717, 1.165) is 0 Å². The largest absolute Gasteiger partial charge is 0.494 e.